The maximum atomic E-state index is 13.0. The minimum Gasteiger partial charge on any atom is -0.503 e. The number of aryl methyl sites for hydroxylation is 1. The fourth-order valence-electron chi connectivity index (χ4n) is 3.42. The number of carbonyl (C=O) groups excluding carboxylic acids is 2. The first-order valence-electron chi connectivity index (χ1n) is 9.53. The van der Waals surface area contributed by atoms with Crippen LogP contribution in [0.4, 0.5) is 0 Å². The Morgan fingerprint density at radius 1 is 1.14 bits per heavy atom. The summed E-state index contributed by atoms with van der Waals surface area (Å²) in [6.45, 7) is 0.397. The fourth-order valence-corrected chi connectivity index (χ4v) is 3.42. The van der Waals surface area contributed by atoms with E-state index in [0.717, 1.165) is 5.56 Å². The highest BCUT2D eigenvalue weighted by Crippen LogP contribution is 2.37. The predicted molar refractivity (Wildman–Crippen MR) is 106 cm³/mol. The van der Waals surface area contributed by atoms with E-state index in [2.05, 4.69) is 4.98 Å². The Morgan fingerprint density at radius 3 is 2.62 bits per heavy atom. The van der Waals surface area contributed by atoms with Crippen LogP contribution >= 0.6 is 0 Å². The maximum absolute atomic E-state index is 13.0. The Morgan fingerprint density at radius 2 is 1.93 bits per heavy atom. The van der Waals surface area contributed by atoms with Gasteiger partial charge in [-0.25, -0.2) is 0 Å². The molecular weight excluding hydrogens is 372 g/mol. The van der Waals surface area contributed by atoms with Crippen LogP contribution in [0.25, 0.3) is 0 Å². The van der Waals surface area contributed by atoms with Crippen LogP contribution in [0.2, 0.25) is 0 Å². The van der Waals surface area contributed by atoms with Crippen molar-refractivity contribution in [2.24, 2.45) is 0 Å². The summed E-state index contributed by atoms with van der Waals surface area (Å²) >= 11 is 0. The van der Waals surface area contributed by atoms with Gasteiger partial charge in [0.25, 0.3) is 5.91 Å². The van der Waals surface area contributed by atoms with Gasteiger partial charge in [0.1, 0.15) is 0 Å². The van der Waals surface area contributed by atoms with Gasteiger partial charge in [-0.15, -0.1) is 0 Å². The van der Waals surface area contributed by atoms with Gasteiger partial charge >= 0.3 is 0 Å². The van der Waals surface area contributed by atoms with Gasteiger partial charge in [-0.05, 0) is 23.6 Å². The van der Waals surface area contributed by atoms with Crippen LogP contribution in [0.15, 0.2) is 66.2 Å². The second kappa shape index (κ2) is 9.95. The fraction of sp³-hybridized carbons (Fsp3) is 0.318. The lowest BCUT2D eigenvalue weighted by Gasteiger charge is -2.26. The second-order valence-electron chi connectivity index (χ2n) is 6.69. The monoisotopic (exact) mass is 396 g/mol. The quantitative estimate of drug-likeness (QED) is 0.596. The summed E-state index contributed by atoms with van der Waals surface area (Å²) in [4.78, 5) is 31.2. The molecule has 152 valence electrons. The Kier molecular flexibility index (Phi) is 7.10. The van der Waals surface area contributed by atoms with Crippen molar-refractivity contribution >= 4 is 11.7 Å². The van der Waals surface area contributed by atoms with Crippen molar-refractivity contribution in [3.05, 3.63) is 77.3 Å². The third-order valence-electron chi connectivity index (χ3n) is 4.80. The number of aliphatic hydroxyl groups is 2. The number of hydrogen-bond donors (Lipinski definition) is 2. The minimum absolute atomic E-state index is 0.0982. The van der Waals surface area contributed by atoms with Gasteiger partial charge in [-0.1, -0.05) is 36.4 Å². The zero-order chi connectivity index (χ0) is 20.6. The summed E-state index contributed by atoms with van der Waals surface area (Å²) in [6.07, 6.45) is 3.89. The van der Waals surface area contributed by atoms with Crippen molar-refractivity contribution in [1.29, 1.82) is 0 Å². The Hall–Kier alpha value is -3.03. The van der Waals surface area contributed by atoms with E-state index in [4.69, 9.17) is 9.84 Å². The number of aromatic nitrogens is 1. The number of rotatable bonds is 10. The van der Waals surface area contributed by atoms with Crippen LogP contribution in [-0.2, 0) is 20.7 Å². The Labute approximate surface area is 169 Å². The summed E-state index contributed by atoms with van der Waals surface area (Å²) < 4.78 is 5.27. The molecule has 1 atom stereocenters. The van der Waals surface area contributed by atoms with E-state index in [1.165, 1.54) is 4.90 Å². The number of benzene rings is 1. The van der Waals surface area contributed by atoms with Crippen molar-refractivity contribution < 1.29 is 24.5 Å². The molecule has 0 aliphatic carbocycles. The van der Waals surface area contributed by atoms with Gasteiger partial charge in [0, 0.05) is 25.4 Å². The van der Waals surface area contributed by atoms with E-state index in [1.807, 2.05) is 30.3 Å². The molecule has 7 nitrogen and oxygen atoms in total. The van der Waals surface area contributed by atoms with E-state index >= 15 is 0 Å². The van der Waals surface area contributed by atoms with Crippen molar-refractivity contribution in [3.8, 4) is 0 Å². The van der Waals surface area contributed by atoms with Gasteiger partial charge in [-0.2, -0.15) is 0 Å². The molecule has 0 saturated carbocycles. The number of ketones is 1. The van der Waals surface area contributed by atoms with E-state index < -0.39 is 17.7 Å². The molecule has 1 aliphatic heterocycles. The molecule has 1 amide bonds. The Bertz CT molecular complexity index is 867. The summed E-state index contributed by atoms with van der Waals surface area (Å²) in [7, 11) is 0. The highest BCUT2D eigenvalue weighted by molar-refractivity contribution is 6.09. The third-order valence-corrected chi connectivity index (χ3v) is 4.80. The zero-order valence-electron chi connectivity index (χ0n) is 16.0. The molecular formula is C22H24N2O5. The normalized spacial score (nSPS) is 16.5. The first-order valence-corrected chi connectivity index (χ1v) is 9.53. The number of nitrogens with zero attached hydrogens (tertiary/aromatic N) is 2. The number of ether oxygens (including phenoxy) is 1. The standard InChI is InChI=1S/C22H24N2O5/c25-12-14-29-13-11-24-20(17-7-4-10-23-15-17)19(21(27)22(24)28)18(26)9-8-16-5-2-1-3-6-16/h1-7,10,15,20,25,27H,8-9,11-14H2. The van der Waals surface area contributed by atoms with Crippen LogP contribution in [0.1, 0.15) is 23.6 Å². The van der Waals surface area contributed by atoms with Gasteiger partial charge in [0.2, 0.25) is 0 Å². The third kappa shape index (κ3) is 4.88. The molecule has 1 unspecified atom stereocenters. The largest absolute Gasteiger partial charge is 0.503 e. The molecule has 0 radical (unpaired) electrons. The van der Waals surface area contributed by atoms with Crippen LogP contribution in [-0.4, -0.2) is 58.2 Å². The highest BCUT2D eigenvalue weighted by Gasteiger charge is 2.43. The molecule has 7 heteroatoms. The van der Waals surface area contributed by atoms with Crippen LogP contribution in [0.3, 0.4) is 0 Å². The van der Waals surface area contributed by atoms with E-state index in [1.54, 1.807) is 24.5 Å². The van der Waals surface area contributed by atoms with Crippen LogP contribution < -0.4 is 0 Å². The molecule has 1 aliphatic rings. The SMILES string of the molecule is O=C(CCc1ccccc1)C1=C(O)C(=O)N(CCOCCO)C1c1cccnc1. The molecule has 0 bridgehead atoms. The van der Waals surface area contributed by atoms with Crippen LogP contribution in [0.5, 0.6) is 0 Å². The van der Waals surface area contributed by atoms with Gasteiger partial charge in [0.05, 0.1) is 31.4 Å². The molecule has 2 N–H and O–H groups in total. The smallest absolute Gasteiger partial charge is 0.290 e. The molecule has 1 aromatic heterocycles. The molecule has 29 heavy (non-hydrogen) atoms. The highest BCUT2D eigenvalue weighted by atomic mass is 16.5. The average molecular weight is 396 g/mol. The van der Waals surface area contributed by atoms with E-state index in [-0.39, 0.29) is 44.1 Å². The zero-order valence-corrected chi connectivity index (χ0v) is 16.0. The van der Waals surface area contributed by atoms with E-state index in [9.17, 15) is 14.7 Å². The molecule has 2 aromatic rings. The number of amides is 1. The molecule has 0 saturated heterocycles. The number of hydrogen-bond acceptors (Lipinski definition) is 6. The van der Waals surface area contributed by atoms with E-state index in [0.29, 0.717) is 12.0 Å². The van der Waals surface area contributed by atoms with Crippen molar-refractivity contribution in [3.63, 3.8) is 0 Å². The van der Waals surface area contributed by atoms with Gasteiger partial charge in [-0.3, -0.25) is 14.6 Å². The van der Waals surface area contributed by atoms with Crippen molar-refractivity contribution in [1.82, 2.24) is 9.88 Å². The number of Topliss-reactive ketones (excluding diaryl/α,β-unsaturated/α-hetero) is 1. The first kappa shape index (κ1) is 20.7. The first-order chi connectivity index (χ1) is 14.1. The van der Waals surface area contributed by atoms with Crippen molar-refractivity contribution in [2.45, 2.75) is 18.9 Å². The molecule has 1 aromatic carbocycles. The molecule has 0 fully saturated rings. The predicted octanol–water partition coefficient (Wildman–Crippen LogP) is 1.99. The lowest BCUT2D eigenvalue weighted by atomic mass is 9.94. The number of aliphatic hydroxyl groups excluding tert-OH is 2. The summed E-state index contributed by atoms with van der Waals surface area (Å²) in [5.41, 5.74) is 1.76. The lowest BCUT2D eigenvalue weighted by Crippen LogP contribution is -2.34. The Balaban J connectivity index is 1.82. The van der Waals surface area contributed by atoms with Gasteiger partial charge in [0.15, 0.2) is 11.5 Å². The van der Waals surface area contributed by atoms with Gasteiger partial charge < -0.3 is 19.8 Å². The molecule has 3 rings (SSSR count). The van der Waals surface area contributed by atoms with Crippen molar-refractivity contribution in [2.75, 3.05) is 26.4 Å². The number of pyridine rings is 1. The average Bonchev–Trinajstić information content (AvgIpc) is 3.01. The molecule has 0 spiro atoms. The maximum Gasteiger partial charge on any atom is 0.290 e. The summed E-state index contributed by atoms with van der Waals surface area (Å²) in [6, 6.07) is 12.4. The molecule has 2 heterocycles. The summed E-state index contributed by atoms with van der Waals surface area (Å²) in [5, 5.41) is 19.3. The summed E-state index contributed by atoms with van der Waals surface area (Å²) in [5.74, 6) is -1.39. The number of carbonyl (C=O) groups is 2. The minimum atomic E-state index is -0.711. The topological polar surface area (TPSA) is 100.0 Å². The van der Waals surface area contributed by atoms with Crippen LogP contribution in [0, 0.1) is 0 Å². The lowest BCUT2D eigenvalue weighted by molar-refractivity contribution is -0.130. The second-order valence-corrected chi connectivity index (χ2v) is 6.69.